The van der Waals surface area contributed by atoms with E-state index in [2.05, 4.69) is 19.9 Å². The van der Waals surface area contributed by atoms with Crippen LogP contribution in [0.5, 0.6) is 0 Å². The van der Waals surface area contributed by atoms with Crippen molar-refractivity contribution in [2.45, 2.75) is 25.6 Å². The molecular weight excluding hydrogens is 459 g/mol. The molecule has 0 unspecified atom stereocenters. The van der Waals surface area contributed by atoms with Gasteiger partial charge in [0.2, 0.25) is 5.95 Å². The number of anilines is 2. The molecule has 0 spiro atoms. The van der Waals surface area contributed by atoms with Gasteiger partial charge in [0, 0.05) is 49.4 Å². The van der Waals surface area contributed by atoms with Gasteiger partial charge in [0.15, 0.2) is 0 Å². The van der Waals surface area contributed by atoms with Gasteiger partial charge >= 0.3 is 6.18 Å². The van der Waals surface area contributed by atoms with Gasteiger partial charge in [-0.05, 0) is 49.7 Å². The summed E-state index contributed by atoms with van der Waals surface area (Å²) in [6.45, 7) is 4.95. The number of pyridine rings is 2. The molecule has 5 heterocycles. The Labute approximate surface area is 201 Å². The summed E-state index contributed by atoms with van der Waals surface area (Å²) in [6, 6.07) is 4.39. The van der Waals surface area contributed by atoms with E-state index in [4.69, 9.17) is 15.5 Å². The van der Waals surface area contributed by atoms with Crippen molar-refractivity contribution in [2.75, 3.05) is 50.0 Å². The molecule has 0 amide bonds. The Morgan fingerprint density at radius 3 is 2.40 bits per heavy atom. The highest BCUT2D eigenvalue weighted by Gasteiger charge is 2.35. The number of ether oxygens (including phenoxy) is 1. The second-order valence-electron chi connectivity index (χ2n) is 8.76. The van der Waals surface area contributed by atoms with Gasteiger partial charge in [0.25, 0.3) is 0 Å². The molecule has 0 aromatic carbocycles. The van der Waals surface area contributed by atoms with Crippen molar-refractivity contribution >= 4 is 11.8 Å². The van der Waals surface area contributed by atoms with Gasteiger partial charge in [-0.15, -0.1) is 0 Å². The molecule has 0 saturated carbocycles. The Morgan fingerprint density at radius 1 is 0.914 bits per heavy atom. The molecule has 3 aromatic heterocycles. The molecule has 11 heteroatoms. The first-order chi connectivity index (χ1) is 16.9. The van der Waals surface area contributed by atoms with Crippen LogP contribution in [-0.2, 0) is 17.5 Å². The molecule has 5 rings (SSSR count). The van der Waals surface area contributed by atoms with Crippen molar-refractivity contribution in [2.24, 2.45) is 0 Å². The van der Waals surface area contributed by atoms with E-state index in [0.717, 1.165) is 43.0 Å². The van der Waals surface area contributed by atoms with E-state index in [1.165, 1.54) is 12.8 Å². The van der Waals surface area contributed by atoms with Crippen LogP contribution in [0.1, 0.15) is 24.0 Å². The van der Waals surface area contributed by atoms with Crippen molar-refractivity contribution in [3.63, 3.8) is 0 Å². The number of hydrogen-bond donors (Lipinski definition) is 1. The number of nitrogens with two attached hydrogens (primary N) is 1. The van der Waals surface area contributed by atoms with Crippen molar-refractivity contribution in [1.82, 2.24) is 24.8 Å². The Morgan fingerprint density at radius 2 is 1.66 bits per heavy atom. The van der Waals surface area contributed by atoms with Crippen molar-refractivity contribution in [3.8, 4) is 22.5 Å². The van der Waals surface area contributed by atoms with E-state index >= 15 is 0 Å². The molecule has 184 valence electrons. The third kappa shape index (κ3) is 5.35. The molecule has 2 aliphatic rings. The first kappa shape index (κ1) is 23.4. The minimum absolute atomic E-state index is 0.126. The predicted octanol–water partition coefficient (Wildman–Crippen LogP) is 3.63. The van der Waals surface area contributed by atoms with Crippen LogP contribution in [0.15, 0.2) is 36.8 Å². The van der Waals surface area contributed by atoms with E-state index in [-0.39, 0.29) is 17.1 Å². The van der Waals surface area contributed by atoms with E-state index in [1.807, 2.05) is 17.2 Å². The van der Waals surface area contributed by atoms with Crippen LogP contribution in [0.3, 0.4) is 0 Å². The summed E-state index contributed by atoms with van der Waals surface area (Å²) in [5, 5.41) is 0. The number of likely N-dealkylation sites (tertiary alicyclic amines) is 1. The third-order valence-electron chi connectivity index (χ3n) is 6.21. The quantitative estimate of drug-likeness (QED) is 0.586. The molecule has 3 aromatic rings. The second-order valence-corrected chi connectivity index (χ2v) is 8.76. The highest BCUT2D eigenvalue weighted by atomic mass is 19.4. The van der Waals surface area contributed by atoms with Crippen LogP contribution in [0.2, 0.25) is 0 Å². The number of alkyl halides is 3. The third-order valence-corrected chi connectivity index (χ3v) is 6.21. The molecule has 0 bridgehead atoms. The predicted molar refractivity (Wildman–Crippen MR) is 125 cm³/mol. The molecule has 2 fully saturated rings. The lowest BCUT2D eigenvalue weighted by Gasteiger charge is -2.27. The van der Waals surface area contributed by atoms with Gasteiger partial charge in [-0.1, -0.05) is 0 Å². The SMILES string of the molecule is Nc1cc(C(F)(F)F)c(-c2cc(-c3cncc(CN4CCCC4)c3)nc(N3CCOCC3)n2)cn1. The highest BCUT2D eigenvalue weighted by Crippen LogP contribution is 2.38. The summed E-state index contributed by atoms with van der Waals surface area (Å²) in [5.41, 5.74) is 6.92. The Bertz CT molecular complexity index is 1190. The highest BCUT2D eigenvalue weighted by molar-refractivity contribution is 5.72. The smallest absolute Gasteiger partial charge is 0.384 e. The minimum Gasteiger partial charge on any atom is -0.384 e. The lowest BCUT2D eigenvalue weighted by molar-refractivity contribution is -0.137. The zero-order valence-corrected chi connectivity index (χ0v) is 19.1. The summed E-state index contributed by atoms with van der Waals surface area (Å²) in [4.78, 5) is 21.8. The monoisotopic (exact) mass is 485 g/mol. The molecular formula is C24H26F3N7O. The number of halogens is 3. The average molecular weight is 486 g/mol. The van der Waals surface area contributed by atoms with Crippen LogP contribution in [0.4, 0.5) is 24.9 Å². The Kier molecular flexibility index (Phi) is 6.52. The lowest BCUT2D eigenvalue weighted by atomic mass is 10.0. The fraction of sp³-hybridized carbons (Fsp3) is 0.417. The largest absolute Gasteiger partial charge is 0.417 e. The van der Waals surface area contributed by atoms with E-state index in [1.54, 1.807) is 12.3 Å². The molecule has 2 aliphatic heterocycles. The maximum atomic E-state index is 13.9. The van der Waals surface area contributed by atoms with E-state index < -0.39 is 11.7 Å². The molecule has 0 radical (unpaired) electrons. The van der Waals surface area contributed by atoms with Gasteiger partial charge in [-0.3, -0.25) is 9.88 Å². The standard InChI is InChI=1S/C24H26F3N7O/c25-24(26,27)19-10-22(28)30-14-18(19)21-11-20(31-23(32-21)34-5-7-35-8-6-34)17-9-16(12-29-13-17)15-33-3-1-2-4-33/h9-14H,1-8,15H2,(H2,28,30). The topological polar surface area (TPSA) is 93.3 Å². The van der Waals surface area contributed by atoms with E-state index in [0.29, 0.717) is 37.9 Å². The molecule has 2 N–H and O–H groups in total. The summed E-state index contributed by atoms with van der Waals surface area (Å²) in [6.07, 6.45) is 2.36. The van der Waals surface area contributed by atoms with Gasteiger partial charge in [0.05, 0.1) is 30.2 Å². The van der Waals surface area contributed by atoms with Crippen LogP contribution in [0.25, 0.3) is 22.5 Å². The first-order valence-electron chi connectivity index (χ1n) is 11.6. The van der Waals surface area contributed by atoms with E-state index in [9.17, 15) is 13.2 Å². The van der Waals surface area contributed by atoms with Crippen molar-refractivity contribution in [3.05, 3.63) is 47.9 Å². The van der Waals surface area contributed by atoms with Gasteiger partial charge in [-0.25, -0.2) is 15.0 Å². The number of hydrogen-bond acceptors (Lipinski definition) is 8. The van der Waals surface area contributed by atoms with Gasteiger partial charge < -0.3 is 15.4 Å². The number of nitrogens with zero attached hydrogens (tertiary/aromatic N) is 6. The van der Waals surface area contributed by atoms with Crippen molar-refractivity contribution in [1.29, 1.82) is 0 Å². The van der Waals surface area contributed by atoms with Gasteiger partial charge in [0.1, 0.15) is 5.82 Å². The fourth-order valence-electron chi connectivity index (χ4n) is 4.45. The minimum atomic E-state index is -4.62. The summed E-state index contributed by atoms with van der Waals surface area (Å²) >= 11 is 0. The average Bonchev–Trinajstić information content (AvgIpc) is 3.37. The molecule has 8 nitrogen and oxygen atoms in total. The summed E-state index contributed by atoms with van der Waals surface area (Å²) in [7, 11) is 0. The van der Waals surface area contributed by atoms with Crippen molar-refractivity contribution < 1.29 is 17.9 Å². The normalized spacial score (nSPS) is 17.2. The summed E-state index contributed by atoms with van der Waals surface area (Å²) in [5.74, 6) is 0.137. The molecule has 2 saturated heterocycles. The number of nitrogen functional groups attached to an aromatic ring is 1. The zero-order chi connectivity index (χ0) is 24.4. The zero-order valence-electron chi connectivity index (χ0n) is 19.1. The molecule has 35 heavy (non-hydrogen) atoms. The first-order valence-corrected chi connectivity index (χ1v) is 11.6. The molecule has 0 atom stereocenters. The maximum Gasteiger partial charge on any atom is 0.417 e. The van der Waals surface area contributed by atoms with Crippen LogP contribution < -0.4 is 10.6 Å². The van der Waals surface area contributed by atoms with Crippen LogP contribution in [-0.4, -0.2) is 64.2 Å². The molecule has 0 aliphatic carbocycles. The van der Waals surface area contributed by atoms with Crippen LogP contribution >= 0.6 is 0 Å². The number of morpholine rings is 1. The Hall–Kier alpha value is -3.31. The maximum absolute atomic E-state index is 13.9. The lowest BCUT2D eigenvalue weighted by Crippen LogP contribution is -2.37. The fourth-order valence-corrected chi connectivity index (χ4v) is 4.45. The Balaban J connectivity index is 1.59. The summed E-state index contributed by atoms with van der Waals surface area (Å²) < 4.78 is 47.0. The number of aromatic nitrogens is 4. The van der Waals surface area contributed by atoms with Gasteiger partial charge in [-0.2, -0.15) is 13.2 Å². The number of rotatable bonds is 5. The second kappa shape index (κ2) is 9.74. The van der Waals surface area contributed by atoms with Crippen LogP contribution in [0, 0.1) is 0 Å².